The number of carboxylic acid groups (broad SMARTS) is 1. The number of methoxy groups -OCH3 is 2. The first-order valence-electron chi connectivity index (χ1n) is 8.27. The molecule has 2 aromatic carbocycles. The average Bonchev–Trinajstić information content (AvgIpc) is 2.67. The fourth-order valence-electron chi connectivity index (χ4n) is 2.79. The number of aliphatic carboxylic acids is 1. The first-order valence-corrected chi connectivity index (χ1v) is 8.27. The quantitative estimate of drug-likeness (QED) is 0.517. The number of rotatable bonds is 10. The van der Waals surface area contributed by atoms with Crippen LogP contribution in [0.4, 0.5) is 0 Å². The van der Waals surface area contributed by atoms with Crippen LogP contribution in [0.5, 0.6) is 0 Å². The third-order valence-electron chi connectivity index (χ3n) is 3.94. The molecule has 0 saturated carbocycles. The van der Waals surface area contributed by atoms with Crippen LogP contribution in [0.25, 0.3) is 11.1 Å². The molecular weight excluding hydrogens is 336 g/mol. The summed E-state index contributed by atoms with van der Waals surface area (Å²) < 4.78 is 21.2. The van der Waals surface area contributed by atoms with E-state index in [4.69, 9.17) is 18.9 Å². The number of carboxylic acids is 1. The van der Waals surface area contributed by atoms with E-state index >= 15 is 0 Å². The Morgan fingerprint density at radius 1 is 1.08 bits per heavy atom. The van der Waals surface area contributed by atoms with Gasteiger partial charge in [0.15, 0.2) is 0 Å². The third kappa shape index (κ3) is 4.28. The molecule has 0 radical (unpaired) electrons. The maximum atomic E-state index is 12.0. The van der Waals surface area contributed by atoms with Gasteiger partial charge in [-0.25, -0.2) is 4.79 Å². The van der Waals surface area contributed by atoms with E-state index in [1.807, 2.05) is 42.5 Å². The van der Waals surface area contributed by atoms with Crippen LogP contribution in [0, 0.1) is 0 Å². The van der Waals surface area contributed by atoms with Crippen molar-refractivity contribution in [3.8, 4) is 11.1 Å². The monoisotopic (exact) mass is 360 g/mol. The Labute approximate surface area is 153 Å². The molecule has 0 aliphatic carbocycles. The van der Waals surface area contributed by atoms with E-state index in [2.05, 4.69) is 0 Å². The smallest absolute Gasteiger partial charge is 0.369 e. The van der Waals surface area contributed by atoms with Crippen LogP contribution in [-0.4, -0.2) is 38.7 Å². The van der Waals surface area contributed by atoms with E-state index in [0.29, 0.717) is 11.1 Å². The molecule has 6 nitrogen and oxygen atoms in total. The van der Waals surface area contributed by atoms with E-state index in [1.54, 1.807) is 13.0 Å². The van der Waals surface area contributed by atoms with Crippen molar-refractivity contribution in [1.82, 2.24) is 0 Å². The summed E-state index contributed by atoms with van der Waals surface area (Å²) in [4.78, 5) is 12.0. The molecular formula is C20H24O6. The van der Waals surface area contributed by atoms with Crippen molar-refractivity contribution >= 4 is 5.97 Å². The van der Waals surface area contributed by atoms with E-state index < -0.39 is 11.8 Å². The van der Waals surface area contributed by atoms with Crippen molar-refractivity contribution in [2.75, 3.05) is 27.6 Å². The summed E-state index contributed by atoms with van der Waals surface area (Å²) in [5.41, 5.74) is 3.00. The van der Waals surface area contributed by atoms with Gasteiger partial charge in [-0.05, 0) is 29.7 Å². The molecule has 1 N–H and O–H groups in total. The fraction of sp³-hybridized carbons (Fsp3) is 0.350. The normalized spacial score (nSPS) is 13.3. The molecule has 0 aliphatic heterocycles. The Morgan fingerprint density at radius 2 is 1.81 bits per heavy atom. The lowest BCUT2D eigenvalue weighted by Crippen LogP contribution is -2.41. The van der Waals surface area contributed by atoms with Gasteiger partial charge >= 0.3 is 5.97 Å². The second kappa shape index (κ2) is 9.45. The Balaban J connectivity index is 2.54. The minimum Gasteiger partial charge on any atom is -0.477 e. The maximum Gasteiger partial charge on any atom is 0.369 e. The van der Waals surface area contributed by atoms with Crippen LogP contribution in [0.2, 0.25) is 0 Å². The molecule has 6 heteroatoms. The van der Waals surface area contributed by atoms with Gasteiger partial charge in [-0.15, -0.1) is 0 Å². The topological polar surface area (TPSA) is 74.2 Å². The molecule has 2 rings (SSSR count). The summed E-state index contributed by atoms with van der Waals surface area (Å²) in [6.07, 6.45) is 0. The molecule has 0 heterocycles. The highest BCUT2D eigenvalue weighted by atomic mass is 16.7. The summed E-state index contributed by atoms with van der Waals surface area (Å²) in [6, 6.07) is 15.2. The first kappa shape index (κ1) is 20.1. The average molecular weight is 360 g/mol. The van der Waals surface area contributed by atoms with Crippen molar-refractivity contribution in [1.29, 1.82) is 0 Å². The van der Waals surface area contributed by atoms with Gasteiger partial charge in [0.05, 0.1) is 6.61 Å². The molecule has 0 aromatic heterocycles. The van der Waals surface area contributed by atoms with Crippen LogP contribution in [0.1, 0.15) is 18.1 Å². The summed E-state index contributed by atoms with van der Waals surface area (Å²) >= 11 is 0. The van der Waals surface area contributed by atoms with Gasteiger partial charge in [-0.2, -0.15) is 0 Å². The Kier molecular flexibility index (Phi) is 7.29. The molecule has 26 heavy (non-hydrogen) atoms. The summed E-state index contributed by atoms with van der Waals surface area (Å²) in [6.45, 7) is 2.15. The molecule has 1 unspecified atom stereocenters. The van der Waals surface area contributed by atoms with Gasteiger partial charge in [-0.1, -0.05) is 42.5 Å². The van der Waals surface area contributed by atoms with Crippen molar-refractivity contribution in [3.05, 3.63) is 59.7 Å². The summed E-state index contributed by atoms with van der Waals surface area (Å²) in [5.74, 6) is -3.11. The maximum absolute atomic E-state index is 12.0. The molecule has 1 atom stereocenters. The second-order valence-corrected chi connectivity index (χ2v) is 5.55. The summed E-state index contributed by atoms with van der Waals surface area (Å²) in [5, 5.41) is 9.78. The standard InChI is InChI=1S/C20H24O6/c1-4-26-20(24-3,19(21)22)18-11-10-16(15-8-6-5-7-9-15)12-17(18)13-25-14-23-2/h5-12H,4,13-14H2,1-3H3,(H,21,22). The zero-order valence-corrected chi connectivity index (χ0v) is 15.2. The van der Waals surface area contributed by atoms with Gasteiger partial charge in [0, 0.05) is 26.4 Å². The molecule has 0 saturated heterocycles. The molecule has 0 amide bonds. The van der Waals surface area contributed by atoms with E-state index in [0.717, 1.165) is 11.1 Å². The molecule has 0 spiro atoms. The number of ether oxygens (including phenoxy) is 4. The number of benzene rings is 2. The highest BCUT2D eigenvalue weighted by Gasteiger charge is 2.43. The van der Waals surface area contributed by atoms with Crippen LogP contribution < -0.4 is 0 Å². The largest absolute Gasteiger partial charge is 0.477 e. The molecule has 140 valence electrons. The predicted octanol–water partition coefficient (Wildman–Crippen LogP) is 3.39. The molecule has 0 fully saturated rings. The van der Waals surface area contributed by atoms with Crippen molar-refractivity contribution in [2.24, 2.45) is 0 Å². The minimum absolute atomic E-state index is 0.0939. The number of carbonyl (C=O) groups is 1. The van der Waals surface area contributed by atoms with E-state index in [1.165, 1.54) is 14.2 Å². The van der Waals surface area contributed by atoms with Gasteiger partial charge < -0.3 is 24.1 Å². The zero-order valence-electron chi connectivity index (χ0n) is 15.2. The Hall–Kier alpha value is -2.25. The van der Waals surface area contributed by atoms with E-state index in [-0.39, 0.29) is 20.0 Å². The highest BCUT2D eigenvalue weighted by molar-refractivity contribution is 5.79. The Bertz CT molecular complexity index is 715. The van der Waals surface area contributed by atoms with Crippen molar-refractivity contribution in [2.45, 2.75) is 19.3 Å². The second-order valence-electron chi connectivity index (χ2n) is 5.55. The van der Waals surface area contributed by atoms with Crippen LogP contribution in [0.15, 0.2) is 48.5 Å². The lowest BCUT2D eigenvalue weighted by Gasteiger charge is -2.30. The van der Waals surface area contributed by atoms with Gasteiger partial charge in [0.1, 0.15) is 6.79 Å². The first-order chi connectivity index (χ1) is 12.6. The molecule has 0 aliphatic rings. The van der Waals surface area contributed by atoms with Gasteiger partial charge in [0.25, 0.3) is 5.79 Å². The van der Waals surface area contributed by atoms with Crippen molar-refractivity contribution in [3.63, 3.8) is 0 Å². The molecule has 2 aromatic rings. The van der Waals surface area contributed by atoms with Crippen LogP contribution in [0.3, 0.4) is 0 Å². The molecule has 0 bridgehead atoms. The zero-order chi connectivity index (χ0) is 19.0. The van der Waals surface area contributed by atoms with Crippen LogP contribution in [-0.2, 0) is 36.1 Å². The van der Waals surface area contributed by atoms with E-state index in [9.17, 15) is 9.90 Å². The van der Waals surface area contributed by atoms with Gasteiger partial charge in [0.2, 0.25) is 0 Å². The lowest BCUT2D eigenvalue weighted by atomic mass is 9.94. The summed E-state index contributed by atoms with van der Waals surface area (Å²) in [7, 11) is 2.84. The number of hydrogen-bond acceptors (Lipinski definition) is 5. The van der Waals surface area contributed by atoms with Gasteiger partial charge in [-0.3, -0.25) is 0 Å². The van der Waals surface area contributed by atoms with Crippen molar-refractivity contribution < 1.29 is 28.8 Å². The third-order valence-corrected chi connectivity index (χ3v) is 3.94. The number of hydrogen-bond donors (Lipinski definition) is 1. The predicted molar refractivity (Wildman–Crippen MR) is 96.5 cm³/mol. The van der Waals surface area contributed by atoms with Crippen LogP contribution >= 0.6 is 0 Å². The highest BCUT2D eigenvalue weighted by Crippen LogP contribution is 2.33. The minimum atomic E-state index is -1.89. The lowest BCUT2D eigenvalue weighted by molar-refractivity contribution is -0.240. The SMILES string of the molecule is CCOC(OC)(C(=O)O)c1ccc(-c2ccccc2)cc1COCOC. The fourth-order valence-corrected chi connectivity index (χ4v) is 2.79. The Morgan fingerprint density at radius 3 is 2.38 bits per heavy atom.